The van der Waals surface area contributed by atoms with Crippen LogP contribution in [0, 0.1) is 0 Å². The zero-order valence-electron chi connectivity index (χ0n) is 25.6. The fraction of sp³-hybridized carbons (Fsp3) is 0.625. The molecule has 12 heteroatoms. The van der Waals surface area contributed by atoms with E-state index in [0.717, 1.165) is 30.3 Å². The highest BCUT2D eigenvalue weighted by molar-refractivity contribution is 5.96. The molecule has 0 radical (unpaired) electrons. The second-order valence-corrected chi connectivity index (χ2v) is 11.5. The maximum atomic E-state index is 13.3. The van der Waals surface area contributed by atoms with Crippen molar-refractivity contribution >= 4 is 17.6 Å². The third kappa shape index (κ3) is 11.0. The quantitative estimate of drug-likeness (QED) is 0.129. The molecule has 2 heterocycles. The number of unbranched alkanes of at least 4 members (excludes halogenated alkanes) is 10. The van der Waals surface area contributed by atoms with Gasteiger partial charge in [0.05, 0.1) is 6.61 Å². The van der Waals surface area contributed by atoms with E-state index in [0.29, 0.717) is 5.56 Å². The Labute approximate surface area is 258 Å². The minimum atomic E-state index is -1.46. The maximum absolute atomic E-state index is 13.3. The van der Waals surface area contributed by atoms with E-state index in [-0.39, 0.29) is 30.3 Å². The Morgan fingerprint density at radius 1 is 0.932 bits per heavy atom. The van der Waals surface area contributed by atoms with Gasteiger partial charge in [-0.3, -0.25) is 14.2 Å². The minimum Gasteiger partial charge on any atom is -0.508 e. The number of phenols is 1. The number of aromatic hydroxyl groups is 1. The zero-order chi connectivity index (χ0) is 31.9. The highest BCUT2D eigenvalue weighted by atomic mass is 16.6. The summed E-state index contributed by atoms with van der Waals surface area (Å²) in [4.78, 5) is 42.6. The van der Waals surface area contributed by atoms with Crippen molar-refractivity contribution in [3.05, 3.63) is 52.6 Å². The number of nitrogens with zero attached hydrogens (tertiary/aromatic N) is 2. The topological polar surface area (TPSA) is 183 Å². The molecule has 0 unspecified atom stereocenters. The number of hydrogen-bond donors (Lipinski definition) is 6. The smallest absolute Gasteiger partial charge is 0.351 e. The molecule has 0 spiro atoms. The number of aliphatic hydroxyl groups is 3. The van der Waals surface area contributed by atoms with E-state index >= 15 is 0 Å². The number of anilines is 1. The summed E-state index contributed by atoms with van der Waals surface area (Å²) in [6, 6.07) is 6.67. The lowest BCUT2D eigenvalue weighted by Gasteiger charge is -2.20. The molecule has 12 nitrogen and oxygen atoms in total. The van der Waals surface area contributed by atoms with E-state index in [2.05, 4.69) is 22.5 Å². The Bertz CT molecular complexity index is 1220. The first-order valence-corrected chi connectivity index (χ1v) is 15.8. The van der Waals surface area contributed by atoms with Gasteiger partial charge in [0.1, 0.15) is 35.9 Å². The number of rotatable bonds is 19. The summed E-state index contributed by atoms with van der Waals surface area (Å²) in [5.41, 5.74) is -0.140. The Hall–Kier alpha value is -3.32. The zero-order valence-corrected chi connectivity index (χ0v) is 25.6. The fourth-order valence-corrected chi connectivity index (χ4v) is 5.29. The molecule has 5 atom stereocenters. The Kier molecular flexibility index (Phi) is 14.8. The number of nitrogens with one attached hydrogen (secondary N) is 2. The van der Waals surface area contributed by atoms with Crippen LogP contribution in [0.1, 0.15) is 95.8 Å². The third-order valence-corrected chi connectivity index (χ3v) is 7.91. The summed E-state index contributed by atoms with van der Waals surface area (Å²) < 4.78 is 6.34. The Morgan fingerprint density at radius 3 is 2.11 bits per heavy atom. The van der Waals surface area contributed by atoms with Crippen LogP contribution in [-0.2, 0) is 20.7 Å². The standard InChI is InChI=1S/C32H48N4O8/c1-2-3-4-5-6-7-8-9-10-11-12-13-27(39)33-24(20-22-14-16-23(38)17-15-22)30(42)34-26-18-19-36(32(43)35-26)31-29(41)28(40)25(21-37)44-31/h14-19,24-25,28-29,31,37-38,40-41H,2-13,20-21H2,1H3,(H,33,39)(H,34,35,42,43)/t24-,25-,28-,29+,31-/m0/s1. The van der Waals surface area contributed by atoms with Gasteiger partial charge < -0.3 is 35.8 Å². The van der Waals surface area contributed by atoms with Gasteiger partial charge in [-0.1, -0.05) is 83.3 Å². The number of carbonyl (C=O) groups excluding carboxylic acids is 2. The summed E-state index contributed by atoms with van der Waals surface area (Å²) in [7, 11) is 0. The number of hydrogen-bond acceptors (Lipinski definition) is 9. The Balaban J connectivity index is 1.53. The number of aromatic nitrogens is 2. The second kappa shape index (κ2) is 18.5. The Morgan fingerprint density at radius 2 is 1.55 bits per heavy atom. The molecule has 0 aliphatic carbocycles. The minimum absolute atomic E-state index is 0.0710. The van der Waals surface area contributed by atoms with Crippen molar-refractivity contribution in [3.63, 3.8) is 0 Å². The lowest BCUT2D eigenvalue weighted by atomic mass is 10.0. The van der Waals surface area contributed by atoms with Gasteiger partial charge in [-0.2, -0.15) is 4.98 Å². The second-order valence-electron chi connectivity index (χ2n) is 11.5. The van der Waals surface area contributed by atoms with Crippen LogP contribution in [0.2, 0.25) is 0 Å². The molecule has 2 aromatic rings. The van der Waals surface area contributed by atoms with Crippen molar-refractivity contribution in [1.29, 1.82) is 0 Å². The van der Waals surface area contributed by atoms with Gasteiger partial charge in [0.25, 0.3) is 0 Å². The van der Waals surface area contributed by atoms with Crippen LogP contribution < -0.4 is 16.3 Å². The average molecular weight is 617 g/mol. The lowest BCUT2D eigenvalue weighted by Crippen LogP contribution is -2.45. The molecule has 0 saturated carbocycles. The molecule has 3 rings (SSSR count). The van der Waals surface area contributed by atoms with Gasteiger partial charge >= 0.3 is 5.69 Å². The van der Waals surface area contributed by atoms with Crippen molar-refractivity contribution in [2.45, 2.75) is 121 Å². The van der Waals surface area contributed by atoms with Crippen LogP contribution in [0.25, 0.3) is 0 Å². The van der Waals surface area contributed by atoms with Crippen LogP contribution in [0.4, 0.5) is 5.82 Å². The van der Waals surface area contributed by atoms with E-state index in [1.54, 1.807) is 12.1 Å². The van der Waals surface area contributed by atoms with Crippen molar-refractivity contribution in [2.24, 2.45) is 0 Å². The first-order valence-electron chi connectivity index (χ1n) is 15.8. The van der Waals surface area contributed by atoms with E-state index < -0.39 is 48.8 Å². The lowest BCUT2D eigenvalue weighted by molar-refractivity contribution is -0.126. The summed E-state index contributed by atoms with van der Waals surface area (Å²) in [6.45, 7) is 1.68. The van der Waals surface area contributed by atoms with Gasteiger partial charge in [-0.05, 0) is 30.2 Å². The number of amides is 2. The predicted molar refractivity (Wildman–Crippen MR) is 165 cm³/mol. The molecule has 1 aromatic heterocycles. The van der Waals surface area contributed by atoms with Gasteiger partial charge in [0.15, 0.2) is 6.23 Å². The molecule has 1 aliphatic heterocycles. The number of ether oxygens (including phenoxy) is 1. The molecule has 244 valence electrons. The summed E-state index contributed by atoms with van der Waals surface area (Å²) >= 11 is 0. The SMILES string of the molecule is CCCCCCCCCCCCCC(=O)N[C@@H](Cc1ccc(O)cc1)C(=O)Nc1ccn([C@H]2O[C@@H](CO)[C@H](O)[C@H]2O)c(=O)n1. The van der Waals surface area contributed by atoms with Gasteiger partial charge in [0, 0.05) is 19.0 Å². The van der Waals surface area contributed by atoms with Crippen LogP contribution in [0.15, 0.2) is 41.3 Å². The van der Waals surface area contributed by atoms with E-state index in [4.69, 9.17) is 4.74 Å². The highest BCUT2D eigenvalue weighted by Crippen LogP contribution is 2.28. The predicted octanol–water partition coefficient (Wildman–Crippen LogP) is 2.93. The fourth-order valence-electron chi connectivity index (χ4n) is 5.29. The molecule has 2 amide bonds. The molecule has 44 heavy (non-hydrogen) atoms. The largest absolute Gasteiger partial charge is 0.508 e. The van der Waals surface area contributed by atoms with Crippen molar-refractivity contribution in [1.82, 2.24) is 14.9 Å². The van der Waals surface area contributed by atoms with Crippen LogP contribution in [0.5, 0.6) is 5.75 Å². The van der Waals surface area contributed by atoms with Gasteiger partial charge in [-0.25, -0.2) is 4.79 Å². The van der Waals surface area contributed by atoms with Crippen molar-refractivity contribution in [2.75, 3.05) is 11.9 Å². The molecule has 1 aromatic carbocycles. The maximum Gasteiger partial charge on any atom is 0.351 e. The molecular weight excluding hydrogens is 568 g/mol. The van der Waals surface area contributed by atoms with E-state index in [1.807, 2.05) is 0 Å². The van der Waals surface area contributed by atoms with E-state index in [1.165, 1.54) is 69.3 Å². The van der Waals surface area contributed by atoms with Gasteiger partial charge in [-0.15, -0.1) is 0 Å². The van der Waals surface area contributed by atoms with Crippen LogP contribution >= 0.6 is 0 Å². The summed E-state index contributed by atoms with van der Waals surface area (Å²) in [6.07, 6.45) is 9.35. The highest BCUT2D eigenvalue weighted by Gasteiger charge is 2.43. The number of carbonyl (C=O) groups is 2. The first-order chi connectivity index (χ1) is 21.2. The molecule has 0 bridgehead atoms. The van der Waals surface area contributed by atoms with Crippen LogP contribution in [0.3, 0.4) is 0 Å². The molecule has 1 saturated heterocycles. The normalized spacial score (nSPS) is 20.4. The molecule has 6 N–H and O–H groups in total. The monoisotopic (exact) mass is 616 g/mol. The summed E-state index contributed by atoms with van der Waals surface area (Å²) in [5, 5.41) is 44.5. The first kappa shape index (κ1) is 35.2. The van der Waals surface area contributed by atoms with Crippen molar-refractivity contribution < 1.29 is 34.8 Å². The number of aliphatic hydroxyl groups excluding tert-OH is 3. The average Bonchev–Trinajstić information content (AvgIpc) is 3.29. The van der Waals surface area contributed by atoms with Gasteiger partial charge in [0.2, 0.25) is 11.8 Å². The van der Waals surface area contributed by atoms with E-state index in [9.17, 15) is 34.8 Å². The third-order valence-electron chi connectivity index (χ3n) is 7.91. The molecule has 1 fully saturated rings. The van der Waals surface area contributed by atoms with Crippen LogP contribution in [-0.4, -0.2) is 72.8 Å². The molecule has 1 aliphatic rings. The van der Waals surface area contributed by atoms with Crippen molar-refractivity contribution in [3.8, 4) is 5.75 Å². The number of benzene rings is 1. The number of phenolic OH excluding ortho intramolecular Hbond substituents is 1. The molecular formula is C32H48N4O8. The summed E-state index contributed by atoms with van der Waals surface area (Å²) in [5.74, 6) is -0.830.